The molecule has 2 bridgehead atoms. The van der Waals surface area contributed by atoms with Crippen molar-refractivity contribution in [1.29, 1.82) is 0 Å². The van der Waals surface area contributed by atoms with Gasteiger partial charge in [-0.1, -0.05) is 25.0 Å². The molecule has 2 saturated carbocycles. The number of rotatable bonds is 1. The van der Waals surface area contributed by atoms with Crippen LogP contribution in [0.1, 0.15) is 45.4 Å². The van der Waals surface area contributed by atoms with Crippen LogP contribution in [0.4, 0.5) is 0 Å². The molecule has 0 aromatic carbocycles. The third-order valence-electron chi connectivity index (χ3n) is 5.87. The third kappa shape index (κ3) is 1.03. The van der Waals surface area contributed by atoms with E-state index in [1.807, 2.05) is 0 Å². The van der Waals surface area contributed by atoms with Crippen molar-refractivity contribution in [2.75, 3.05) is 7.05 Å². The molecule has 0 saturated heterocycles. The molecule has 0 aromatic rings. The molecular formula is C14H23N. The SMILES string of the molecule is CNC1(C)C2C=CC(CC2)C12CCCC2. The summed E-state index contributed by atoms with van der Waals surface area (Å²) in [5, 5.41) is 3.69. The van der Waals surface area contributed by atoms with E-state index in [9.17, 15) is 0 Å². The number of hydrogen-bond donors (Lipinski definition) is 1. The standard InChI is InChI=1S/C14H23N/c1-13(15-2)11-5-7-12(8-6-11)14(13)9-3-4-10-14/h5,7,11-12,15H,3-4,6,8-10H2,1-2H3. The van der Waals surface area contributed by atoms with Gasteiger partial charge in [0.2, 0.25) is 0 Å². The van der Waals surface area contributed by atoms with Gasteiger partial charge in [0.1, 0.15) is 0 Å². The first kappa shape index (κ1) is 9.89. The van der Waals surface area contributed by atoms with Gasteiger partial charge < -0.3 is 5.32 Å². The van der Waals surface area contributed by atoms with Crippen molar-refractivity contribution >= 4 is 0 Å². The molecule has 4 rings (SSSR count). The highest BCUT2D eigenvalue weighted by molar-refractivity contribution is 5.24. The Labute approximate surface area is 93.3 Å². The fourth-order valence-electron chi connectivity index (χ4n) is 4.85. The molecule has 1 spiro atoms. The van der Waals surface area contributed by atoms with Crippen molar-refractivity contribution in [3.63, 3.8) is 0 Å². The molecule has 15 heavy (non-hydrogen) atoms. The largest absolute Gasteiger partial charge is 0.313 e. The first-order valence-corrected chi connectivity index (χ1v) is 6.60. The molecule has 2 fully saturated rings. The average Bonchev–Trinajstić information content (AvgIpc) is 2.77. The average molecular weight is 205 g/mol. The fourth-order valence-corrected chi connectivity index (χ4v) is 4.85. The molecular weight excluding hydrogens is 182 g/mol. The summed E-state index contributed by atoms with van der Waals surface area (Å²) < 4.78 is 0. The van der Waals surface area contributed by atoms with Gasteiger partial charge in [0, 0.05) is 5.54 Å². The molecule has 84 valence electrons. The Kier molecular flexibility index (Phi) is 2.04. The molecule has 1 nitrogen and oxygen atoms in total. The van der Waals surface area contributed by atoms with Gasteiger partial charge in [-0.15, -0.1) is 0 Å². The molecule has 0 aliphatic heterocycles. The van der Waals surface area contributed by atoms with Gasteiger partial charge >= 0.3 is 0 Å². The minimum Gasteiger partial charge on any atom is -0.313 e. The zero-order chi connectivity index (χ0) is 10.5. The zero-order valence-corrected chi connectivity index (χ0v) is 10.1. The Balaban J connectivity index is 2.07. The van der Waals surface area contributed by atoms with E-state index in [1.54, 1.807) is 0 Å². The summed E-state index contributed by atoms with van der Waals surface area (Å²) in [6.07, 6.45) is 13.7. The highest BCUT2D eigenvalue weighted by Crippen LogP contribution is 2.62. The summed E-state index contributed by atoms with van der Waals surface area (Å²) in [5.74, 6) is 1.65. The quantitative estimate of drug-likeness (QED) is 0.649. The van der Waals surface area contributed by atoms with Gasteiger partial charge in [-0.3, -0.25) is 0 Å². The Morgan fingerprint density at radius 1 is 1.07 bits per heavy atom. The number of fused-ring (bicyclic) bond motifs is 1. The van der Waals surface area contributed by atoms with Crippen LogP contribution < -0.4 is 5.32 Å². The Morgan fingerprint density at radius 2 is 1.67 bits per heavy atom. The van der Waals surface area contributed by atoms with Crippen molar-refractivity contribution in [2.24, 2.45) is 17.3 Å². The van der Waals surface area contributed by atoms with E-state index < -0.39 is 0 Å². The summed E-state index contributed by atoms with van der Waals surface area (Å²) in [7, 11) is 2.18. The number of allylic oxidation sites excluding steroid dienone is 1. The highest BCUT2D eigenvalue weighted by atomic mass is 15.0. The maximum atomic E-state index is 3.69. The summed E-state index contributed by atoms with van der Waals surface area (Å²) >= 11 is 0. The maximum Gasteiger partial charge on any atom is 0.0274 e. The third-order valence-corrected chi connectivity index (χ3v) is 5.87. The lowest BCUT2D eigenvalue weighted by Gasteiger charge is -2.60. The molecule has 4 aliphatic carbocycles. The van der Waals surface area contributed by atoms with Crippen molar-refractivity contribution < 1.29 is 0 Å². The fraction of sp³-hybridized carbons (Fsp3) is 0.857. The minimum absolute atomic E-state index is 0.376. The lowest BCUT2D eigenvalue weighted by Crippen LogP contribution is -2.65. The van der Waals surface area contributed by atoms with Crippen LogP contribution in [-0.4, -0.2) is 12.6 Å². The van der Waals surface area contributed by atoms with Crippen LogP contribution in [0, 0.1) is 17.3 Å². The maximum absolute atomic E-state index is 3.69. The van der Waals surface area contributed by atoms with Crippen LogP contribution >= 0.6 is 0 Å². The normalized spacial score (nSPS) is 46.5. The molecule has 1 heteroatoms. The highest BCUT2D eigenvalue weighted by Gasteiger charge is 2.59. The van der Waals surface area contributed by atoms with Crippen LogP contribution in [0.2, 0.25) is 0 Å². The molecule has 0 amide bonds. The van der Waals surface area contributed by atoms with Crippen LogP contribution in [0.5, 0.6) is 0 Å². The lowest BCUT2D eigenvalue weighted by atomic mass is 9.49. The lowest BCUT2D eigenvalue weighted by molar-refractivity contribution is -0.0257. The number of hydrogen-bond acceptors (Lipinski definition) is 1. The molecule has 0 heterocycles. The predicted octanol–water partition coefficient (Wildman–Crippen LogP) is 3.12. The second-order valence-corrected chi connectivity index (χ2v) is 5.99. The smallest absolute Gasteiger partial charge is 0.0274 e. The molecule has 3 unspecified atom stereocenters. The van der Waals surface area contributed by atoms with Gasteiger partial charge in [-0.25, -0.2) is 0 Å². The molecule has 1 N–H and O–H groups in total. The molecule has 3 atom stereocenters. The van der Waals surface area contributed by atoms with Crippen molar-refractivity contribution in [3.05, 3.63) is 12.2 Å². The van der Waals surface area contributed by atoms with Gasteiger partial charge in [-0.05, 0) is 56.9 Å². The summed E-state index contributed by atoms with van der Waals surface area (Å²) in [5.41, 5.74) is 0.973. The molecule has 0 radical (unpaired) electrons. The zero-order valence-electron chi connectivity index (χ0n) is 10.1. The van der Waals surface area contributed by atoms with Gasteiger partial charge in [0.05, 0.1) is 0 Å². The number of nitrogens with one attached hydrogen (secondary N) is 1. The summed E-state index contributed by atoms with van der Waals surface area (Å²) in [6, 6.07) is 0. The van der Waals surface area contributed by atoms with Crippen LogP contribution in [0.25, 0.3) is 0 Å². The van der Waals surface area contributed by atoms with E-state index in [0.717, 1.165) is 11.8 Å². The van der Waals surface area contributed by atoms with E-state index in [4.69, 9.17) is 0 Å². The Hall–Kier alpha value is -0.300. The van der Waals surface area contributed by atoms with Gasteiger partial charge in [-0.2, -0.15) is 0 Å². The molecule has 4 aliphatic rings. The first-order chi connectivity index (χ1) is 7.23. The van der Waals surface area contributed by atoms with E-state index in [1.165, 1.54) is 38.5 Å². The predicted molar refractivity (Wildman–Crippen MR) is 63.7 cm³/mol. The van der Waals surface area contributed by atoms with Crippen LogP contribution in [0.15, 0.2) is 12.2 Å². The van der Waals surface area contributed by atoms with Crippen molar-refractivity contribution in [2.45, 2.75) is 51.0 Å². The van der Waals surface area contributed by atoms with E-state index >= 15 is 0 Å². The molecule has 0 aromatic heterocycles. The van der Waals surface area contributed by atoms with Crippen LogP contribution in [-0.2, 0) is 0 Å². The monoisotopic (exact) mass is 205 g/mol. The van der Waals surface area contributed by atoms with E-state index in [0.29, 0.717) is 11.0 Å². The summed E-state index contributed by atoms with van der Waals surface area (Å²) in [6.45, 7) is 2.48. The van der Waals surface area contributed by atoms with E-state index in [-0.39, 0.29) is 0 Å². The topological polar surface area (TPSA) is 12.0 Å². The van der Waals surface area contributed by atoms with Gasteiger partial charge in [0.15, 0.2) is 0 Å². The Bertz CT molecular complexity index is 288. The van der Waals surface area contributed by atoms with Crippen molar-refractivity contribution in [3.8, 4) is 0 Å². The second kappa shape index (κ2) is 3.10. The van der Waals surface area contributed by atoms with Crippen LogP contribution in [0.3, 0.4) is 0 Å². The second-order valence-electron chi connectivity index (χ2n) is 5.99. The van der Waals surface area contributed by atoms with E-state index in [2.05, 4.69) is 31.4 Å². The van der Waals surface area contributed by atoms with Crippen molar-refractivity contribution in [1.82, 2.24) is 5.32 Å². The Morgan fingerprint density at radius 3 is 2.20 bits per heavy atom. The summed E-state index contributed by atoms with van der Waals surface area (Å²) in [4.78, 5) is 0. The van der Waals surface area contributed by atoms with Gasteiger partial charge in [0.25, 0.3) is 0 Å². The first-order valence-electron chi connectivity index (χ1n) is 6.60. The minimum atomic E-state index is 0.376.